The number of aryl methyl sites for hydroxylation is 1. The number of benzene rings is 2. The van der Waals surface area contributed by atoms with Crippen molar-refractivity contribution >= 4 is 27.5 Å². The molecule has 2 aromatic heterocycles. The third kappa shape index (κ3) is 4.48. The highest BCUT2D eigenvalue weighted by Crippen LogP contribution is 2.49. The molecule has 2 N–H and O–H groups in total. The fourth-order valence-electron chi connectivity index (χ4n) is 9.04. The van der Waals surface area contributed by atoms with E-state index in [0.29, 0.717) is 71.9 Å². The standard InChI is InChI=1S/C36H38F2N6O4/c1-2-23-25(37)5-3-18-9-21(45)11-24(28(18)23)31-30(38)32-29-33(44-12-19-4-6-26(39-19)27(44)15-47-34(29)40-31)42-35(41-32)48-17-36(7-8-36)16-43-13-22-10-20(43)14-46-22/h3,5,9,11,19-20,22,26-27,39,45H,2,4,6-8,10,12-17H2,1H3/t19-,20+,22+,26+,27-/m1/s1. The molecule has 10 rings (SSSR count). The highest BCUT2D eigenvalue weighted by Gasteiger charge is 2.50. The van der Waals surface area contributed by atoms with E-state index in [1.54, 1.807) is 12.1 Å². The van der Waals surface area contributed by atoms with Gasteiger partial charge in [0.1, 0.15) is 40.6 Å². The molecule has 0 unspecified atom stereocenters. The van der Waals surface area contributed by atoms with Crippen LogP contribution in [0.25, 0.3) is 32.9 Å². The Morgan fingerprint density at radius 2 is 1.98 bits per heavy atom. The lowest BCUT2D eigenvalue weighted by atomic mass is 9.94. The first kappa shape index (κ1) is 29.1. The Hall–Kier alpha value is -3.87. The number of phenols is 1. The number of morpholine rings is 1. The summed E-state index contributed by atoms with van der Waals surface area (Å²) < 4.78 is 50.9. The van der Waals surface area contributed by atoms with Gasteiger partial charge in [-0.2, -0.15) is 9.97 Å². The van der Waals surface area contributed by atoms with E-state index in [0.717, 1.165) is 51.8 Å². The molecule has 12 heteroatoms. The number of phenolic OH excluding ortho intramolecular Hbond substituents is 1. The second-order valence-corrected chi connectivity index (χ2v) is 14.7. The van der Waals surface area contributed by atoms with E-state index in [2.05, 4.69) is 15.1 Å². The summed E-state index contributed by atoms with van der Waals surface area (Å²) in [5, 5.41) is 15.9. The van der Waals surface area contributed by atoms with Crippen molar-refractivity contribution in [3.05, 3.63) is 41.5 Å². The summed E-state index contributed by atoms with van der Waals surface area (Å²) in [7, 11) is 0. The van der Waals surface area contributed by atoms with E-state index >= 15 is 8.78 Å². The van der Waals surface area contributed by atoms with Gasteiger partial charge >= 0.3 is 6.01 Å². The largest absolute Gasteiger partial charge is 0.508 e. The predicted molar refractivity (Wildman–Crippen MR) is 175 cm³/mol. The van der Waals surface area contributed by atoms with E-state index in [4.69, 9.17) is 29.2 Å². The number of aromatic nitrogens is 3. The van der Waals surface area contributed by atoms with E-state index in [-0.39, 0.29) is 51.9 Å². The monoisotopic (exact) mass is 656 g/mol. The molecule has 250 valence electrons. The molecule has 48 heavy (non-hydrogen) atoms. The minimum absolute atomic E-state index is 0.0188. The van der Waals surface area contributed by atoms with Crippen molar-refractivity contribution < 1.29 is 28.1 Å². The molecule has 2 aromatic carbocycles. The third-order valence-corrected chi connectivity index (χ3v) is 11.7. The molecule has 6 aliphatic rings. The zero-order valence-electron chi connectivity index (χ0n) is 26.8. The number of ether oxygens (including phenoxy) is 3. The number of nitrogens with zero attached hydrogens (tertiary/aromatic N) is 5. The summed E-state index contributed by atoms with van der Waals surface area (Å²) in [6.45, 7) is 6.06. The van der Waals surface area contributed by atoms with Crippen LogP contribution >= 0.6 is 0 Å². The van der Waals surface area contributed by atoms with Gasteiger partial charge in [0.2, 0.25) is 5.88 Å². The fraction of sp³-hybridized carbons (Fsp3) is 0.528. The normalized spacial score (nSPS) is 28.1. The Bertz CT molecular complexity index is 1990. The minimum Gasteiger partial charge on any atom is -0.508 e. The van der Waals surface area contributed by atoms with Crippen LogP contribution in [0.3, 0.4) is 0 Å². The molecular weight excluding hydrogens is 618 g/mol. The van der Waals surface area contributed by atoms with Crippen LogP contribution in [0.2, 0.25) is 0 Å². The Kier molecular flexibility index (Phi) is 6.40. The highest BCUT2D eigenvalue weighted by atomic mass is 19.1. The Labute approximate surface area is 276 Å². The van der Waals surface area contributed by atoms with Crippen molar-refractivity contribution in [3.63, 3.8) is 0 Å². The maximum atomic E-state index is 17.1. The molecule has 1 aliphatic carbocycles. The number of pyridine rings is 1. The topological polar surface area (TPSA) is 105 Å². The van der Waals surface area contributed by atoms with Crippen molar-refractivity contribution in [2.24, 2.45) is 5.41 Å². The number of nitrogens with one attached hydrogen (secondary N) is 1. The van der Waals surface area contributed by atoms with Crippen LogP contribution < -0.4 is 19.7 Å². The number of halogens is 2. The Morgan fingerprint density at radius 3 is 2.77 bits per heavy atom. The van der Waals surface area contributed by atoms with Gasteiger partial charge in [0.15, 0.2) is 5.82 Å². The number of aromatic hydroxyl groups is 1. The number of anilines is 1. The first-order valence-electron chi connectivity index (χ1n) is 17.4. The molecule has 0 spiro atoms. The lowest BCUT2D eigenvalue weighted by molar-refractivity contribution is 0.0176. The second-order valence-electron chi connectivity index (χ2n) is 14.7. The molecule has 1 saturated carbocycles. The van der Waals surface area contributed by atoms with Gasteiger partial charge in [0.05, 0.1) is 25.4 Å². The first-order valence-corrected chi connectivity index (χ1v) is 17.4. The smallest absolute Gasteiger partial charge is 0.319 e. The number of hydrogen-bond acceptors (Lipinski definition) is 10. The summed E-state index contributed by atoms with van der Waals surface area (Å²) in [6.07, 6.45) is 6.01. The van der Waals surface area contributed by atoms with Crippen LogP contribution in [-0.4, -0.2) is 94.7 Å². The van der Waals surface area contributed by atoms with Gasteiger partial charge in [-0.25, -0.2) is 13.8 Å². The van der Waals surface area contributed by atoms with Crippen molar-refractivity contribution in [1.82, 2.24) is 25.2 Å². The van der Waals surface area contributed by atoms with Gasteiger partial charge in [-0.05, 0) is 73.1 Å². The van der Waals surface area contributed by atoms with Crippen molar-refractivity contribution in [2.75, 3.05) is 44.4 Å². The van der Waals surface area contributed by atoms with Gasteiger partial charge in [-0.1, -0.05) is 13.0 Å². The summed E-state index contributed by atoms with van der Waals surface area (Å²) >= 11 is 0. The SMILES string of the molecule is CCc1c(F)ccc2cc(O)cc(-c3nc4c5c(nc(OCC6(CN7C[C@@H]8C[C@H]7CO8)CC6)nc5c3F)N3C[C@H]5CC[C@H](N5)[C@H]3CO4)c12. The predicted octanol–water partition coefficient (Wildman–Crippen LogP) is 4.72. The second kappa shape index (κ2) is 10.6. The fourth-order valence-corrected chi connectivity index (χ4v) is 9.04. The zero-order chi connectivity index (χ0) is 32.3. The maximum absolute atomic E-state index is 17.1. The highest BCUT2D eigenvalue weighted by molar-refractivity contribution is 6.03. The van der Waals surface area contributed by atoms with Gasteiger partial charge in [-0.3, -0.25) is 4.90 Å². The van der Waals surface area contributed by atoms with E-state index in [9.17, 15) is 5.11 Å². The molecule has 4 saturated heterocycles. The lowest BCUT2D eigenvalue weighted by Crippen LogP contribution is -2.60. The summed E-state index contributed by atoms with van der Waals surface area (Å²) in [6, 6.07) is 7.06. The first-order chi connectivity index (χ1) is 23.4. The quantitative estimate of drug-likeness (QED) is 0.290. The molecule has 0 radical (unpaired) electrons. The third-order valence-electron chi connectivity index (χ3n) is 11.7. The number of rotatable bonds is 7. The van der Waals surface area contributed by atoms with Crippen molar-refractivity contribution in [3.8, 4) is 28.9 Å². The Morgan fingerprint density at radius 1 is 1.08 bits per heavy atom. The van der Waals surface area contributed by atoms with Crippen LogP contribution in [0.4, 0.5) is 14.6 Å². The van der Waals surface area contributed by atoms with Crippen molar-refractivity contribution in [2.45, 2.75) is 75.7 Å². The van der Waals surface area contributed by atoms with Crippen LogP contribution in [-0.2, 0) is 11.2 Å². The molecular formula is C36H38F2N6O4. The Balaban J connectivity index is 1.11. The zero-order valence-corrected chi connectivity index (χ0v) is 26.8. The molecule has 7 heterocycles. The summed E-state index contributed by atoms with van der Waals surface area (Å²) in [5.41, 5.74) is 0.719. The number of fused-ring (bicyclic) bond motifs is 8. The average Bonchev–Trinajstić information content (AvgIpc) is 3.35. The van der Waals surface area contributed by atoms with Crippen LogP contribution in [0.1, 0.15) is 44.6 Å². The maximum Gasteiger partial charge on any atom is 0.319 e. The molecule has 4 bridgehead atoms. The van der Waals surface area contributed by atoms with Crippen LogP contribution in [0.5, 0.6) is 17.6 Å². The number of piperazine rings is 1. The molecule has 5 fully saturated rings. The van der Waals surface area contributed by atoms with Gasteiger partial charge < -0.3 is 29.5 Å². The van der Waals surface area contributed by atoms with Gasteiger partial charge in [-0.15, -0.1) is 0 Å². The molecule has 10 nitrogen and oxygen atoms in total. The van der Waals surface area contributed by atoms with Crippen molar-refractivity contribution in [1.29, 1.82) is 0 Å². The van der Waals surface area contributed by atoms with E-state index in [1.165, 1.54) is 12.1 Å². The summed E-state index contributed by atoms with van der Waals surface area (Å²) in [4.78, 5) is 19.2. The van der Waals surface area contributed by atoms with E-state index in [1.807, 2.05) is 6.92 Å². The minimum atomic E-state index is -0.685. The van der Waals surface area contributed by atoms with Crippen LogP contribution in [0.15, 0.2) is 24.3 Å². The number of hydrogen-bond donors (Lipinski definition) is 2. The summed E-state index contributed by atoms with van der Waals surface area (Å²) in [5.74, 6) is -0.350. The molecule has 5 aliphatic heterocycles. The lowest BCUT2D eigenvalue weighted by Gasteiger charge is -2.40. The van der Waals surface area contributed by atoms with Gasteiger partial charge in [0.25, 0.3) is 0 Å². The molecule has 5 atom stereocenters. The number of likely N-dealkylation sites (tertiary alicyclic amines) is 1. The van der Waals surface area contributed by atoms with Crippen LogP contribution in [0, 0.1) is 17.0 Å². The molecule has 0 amide bonds. The van der Waals surface area contributed by atoms with Gasteiger partial charge in [0, 0.05) is 48.7 Å². The molecule has 4 aromatic rings. The average molecular weight is 657 g/mol. The van der Waals surface area contributed by atoms with E-state index < -0.39 is 11.6 Å².